The molecule has 1 atom stereocenters. The minimum atomic E-state index is -3.79. The number of hydrogen-bond acceptors (Lipinski definition) is 4. The third-order valence-corrected chi connectivity index (χ3v) is 7.08. The van der Waals surface area contributed by atoms with Gasteiger partial charge in [-0.15, -0.1) is 0 Å². The van der Waals surface area contributed by atoms with Crippen LogP contribution in [0.25, 0.3) is 0 Å². The Hall–Kier alpha value is -2.10. The van der Waals surface area contributed by atoms with Crippen LogP contribution in [0.4, 0.5) is 5.69 Å². The first-order valence-corrected chi connectivity index (χ1v) is 13.5. The molecule has 0 saturated heterocycles. The predicted molar refractivity (Wildman–Crippen MR) is 136 cm³/mol. The molecule has 1 N–H and O–H groups in total. The van der Waals surface area contributed by atoms with E-state index in [1.165, 1.54) is 4.90 Å². The maximum Gasteiger partial charge on any atom is 0.244 e. The zero-order chi connectivity index (χ0) is 24.8. The molecule has 0 aliphatic carbocycles. The largest absolute Gasteiger partial charge is 0.352 e. The van der Waals surface area contributed by atoms with Crippen LogP contribution in [-0.2, 0) is 26.2 Å². The zero-order valence-electron chi connectivity index (χ0n) is 19.1. The van der Waals surface area contributed by atoms with Gasteiger partial charge in [-0.25, -0.2) is 8.42 Å². The van der Waals surface area contributed by atoms with Gasteiger partial charge in [-0.1, -0.05) is 48.9 Å². The molecule has 2 aromatic carbocycles. The van der Waals surface area contributed by atoms with Crippen LogP contribution in [0.15, 0.2) is 53.0 Å². The minimum Gasteiger partial charge on any atom is -0.352 e. The zero-order valence-corrected chi connectivity index (χ0v) is 22.2. The van der Waals surface area contributed by atoms with Gasteiger partial charge in [-0.3, -0.25) is 13.9 Å². The first-order chi connectivity index (χ1) is 15.5. The second-order valence-electron chi connectivity index (χ2n) is 7.92. The van der Waals surface area contributed by atoms with Gasteiger partial charge in [0.2, 0.25) is 21.8 Å². The molecule has 0 saturated carbocycles. The van der Waals surface area contributed by atoms with E-state index >= 15 is 0 Å². The van der Waals surface area contributed by atoms with Gasteiger partial charge >= 0.3 is 0 Å². The van der Waals surface area contributed by atoms with E-state index in [-0.39, 0.29) is 18.5 Å². The average Bonchev–Trinajstić information content (AvgIpc) is 2.72. The van der Waals surface area contributed by atoms with Gasteiger partial charge in [0.25, 0.3) is 0 Å². The normalized spacial score (nSPS) is 12.3. The van der Waals surface area contributed by atoms with Gasteiger partial charge < -0.3 is 10.2 Å². The molecule has 10 heteroatoms. The van der Waals surface area contributed by atoms with E-state index in [0.29, 0.717) is 27.2 Å². The third kappa shape index (κ3) is 7.45. The van der Waals surface area contributed by atoms with Gasteiger partial charge in [-0.2, -0.15) is 0 Å². The lowest BCUT2D eigenvalue weighted by Crippen LogP contribution is -2.53. The van der Waals surface area contributed by atoms with Crippen LogP contribution in [0.3, 0.4) is 0 Å². The number of carbonyl (C=O) groups is 2. The van der Waals surface area contributed by atoms with E-state index in [2.05, 4.69) is 21.2 Å². The van der Waals surface area contributed by atoms with E-state index in [0.717, 1.165) is 10.6 Å². The Kier molecular flexibility index (Phi) is 9.75. The highest BCUT2D eigenvalue weighted by Crippen LogP contribution is 2.28. The number of carbonyl (C=O) groups excluding carboxylic acids is 2. The number of para-hydroxylation sites is 1. The number of benzene rings is 2. The number of hydrogen-bond donors (Lipinski definition) is 1. The fourth-order valence-electron chi connectivity index (χ4n) is 3.36. The SMILES string of the molecule is CC[C@@H](C(=O)NC(C)C)N(Cc1ccccc1Cl)C(=O)CN(c1ccccc1Br)S(C)(=O)=O. The fourth-order valence-corrected chi connectivity index (χ4v) is 5.03. The third-order valence-electron chi connectivity index (χ3n) is 4.92. The monoisotopic (exact) mass is 557 g/mol. The Labute approximate surface area is 209 Å². The lowest BCUT2D eigenvalue weighted by atomic mass is 10.1. The summed E-state index contributed by atoms with van der Waals surface area (Å²) in [5.41, 5.74) is 1.00. The summed E-state index contributed by atoms with van der Waals surface area (Å²) in [4.78, 5) is 27.9. The second-order valence-corrected chi connectivity index (χ2v) is 11.1. The number of nitrogens with zero attached hydrogens (tertiary/aromatic N) is 2. The van der Waals surface area contributed by atoms with Crippen LogP contribution in [0.1, 0.15) is 32.8 Å². The quantitative estimate of drug-likeness (QED) is 0.474. The molecule has 0 radical (unpaired) electrons. The Morgan fingerprint density at radius 2 is 1.70 bits per heavy atom. The molecule has 2 aromatic rings. The molecule has 0 unspecified atom stereocenters. The summed E-state index contributed by atoms with van der Waals surface area (Å²) in [5, 5.41) is 3.31. The Balaban J connectivity index is 2.47. The van der Waals surface area contributed by atoms with Gasteiger partial charge in [0, 0.05) is 22.1 Å². The van der Waals surface area contributed by atoms with Crippen LogP contribution in [0.2, 0.25) is 5.02 Å². The predicted octanol–water partition coefficient (Wildman–Crippen LogP) is 4.20. The van der Waals surface area contributed by atoms with E-state index in [9.17, 15) is 18.0 Å². The van der Waals surface area contributed by atoms with Crippen molar-refractivity contribution < 1.29 is 18.0 Å². The van der Waals surface area contributed by atoms with Crippen molar-refractivity contribution in [2.24, 2.45) is 0 Å². The Bertz CT molecular complexity index is 1090. The molecule has 0 bridgehead atoms. The molecule has 0 fully saturated rings. The van der Waals surface area contributed by atoms with Crippen molar-refractivity contribution in [1.29, 1.82) is 0 Å². The number of sulfonamides is 1. The van der Waals surface area contributed by atoms with Gasteiger partial charge in [0.05, 0.1) is 11.9 Å². The van der Waals surface area contributed by atoms with Crippen molar-refractivity contribution >= 4 is 55.1 Å². The van der Waals surface area contributed by atoms with Crippen LogP contribution in [0.5, 0.6) is 0 Å². The fraction of sp³-hybridized carbons (Fsp3) is 0.391. The molecule has 2 rings (SSSR count). The van der Waals surface area contributed by atoms with Crippen molar-refractivity contribution in [3.63, 3.8) is 0 Å². The standard InChI is InChI=1S/C23H29BrClN3O4S/c1-5-20(23(30)26-16(2)3)27(14-17-10-6-8-12-19(17)25)22(29)15-28(33(4,31)32)21-13-9-7-11-18(21)24/h6-13,16,20H,5,14-15H2,1-4H3,(H,26,30)/t20-/m0/s1. The van der Waals surface area contributed by atoms with Crippen molar-refractivity contribution in [2.75, 3.05) is 17.1 Å². The molecule has 33 heavy (non-hydrogen) atoms. The Morgan fingerprint density at radius 3 is 2.24 bits per heavy atom. The molecule has 0 aliphatic heterocycles. The molecule has 0 spiro atoms. The molecule has 2 amide bonds. The summed E-state index contributed by atoms with van der Waals surface area (Å²) in [6, 6.07) is 12.9. The molecule has 180 valence electrons. The summed E-state index contributed by atoms with van der Waals surface area (Å²) in [5.74, 6) is -0.818. The number of amides is 2. The van der Waals surface area contributed by atoms with Gasteiger partial charge in [0.15, 0.2) is 0 Å². The van der Waals surface area contributed by atoms with Gasteiger partial charge in [-0.05, 0) is 60.0 Å². The van der Waals surface area contributed by atoms with Crippen LogP contribution >= 0.6 is 27.5 Å². The highest BCUT2D eigenvalue weighted by molar-refractivity contribution is 9.10. The van der Waals surface area contributed by atoms with Crippen molar-refractivity contribution in [3.05, 3.63) is 63.6 Å². The molecular formula is C23H29BrClN3O4S. The first-order valence-electron chi connectivity index (χ1n) is 10.5. The molecular weight excluding hydrogens is 530 g/mol. The Morgan fingerprint density at radius 1 is 1.09 bits per heavy atom. The lowest BCUT2D eigenvalue weighted by molar-refractivity contribution is -0.140. The van der Waals surface area contributed by atoms with Crippen molar-refractivity contribution in [3.8, 4) is 0 Å². The highest BCUT2D eigenvalue weighted by Gasteiger charge is 2.32. The summed E-state index contributed by atoms with van der Waals surface area (Å²) in [6.07, 6.45) is 1.39. The summed E-state index contributed by atoms with van der Waals surface area (Å²) in [6.45, 7) is 5.08. The van der Waals surface area contributed by atoms with E-state index in [4.69, 9.17) is 11.6 Å². The highest BCUT2D eigenvalue weighted by atomic mass is 79.9. The number of rotatable bonds is 10. The maximum atomic E-state index is 13.6. The smallest absolute Gasteiger partial charge is 0.244 e. The van der Waals surface area contributed by atoms with Crippen molar-refractivity contribution in [2.45, 2.75) is 45.8 Å². The number of nitrogens with one attached hydrogen (secondary N) is 1. The van der Waals surface area contributed by atoms with Crippen LogP contribution < -0.4 is 9.62 Å². The summed E-state index contributed by atoms with van der Waals surface area (Å²) < 4.78 is 26.8. The molecule has 0 aromatic heterocycles. The average molecular weight is 559 g/mol. The molecule has 7 nitrogen and oxygen atoms in total. The van der Waals surface area contributed by atoms with E-state index in [1.54, 1.807) is 55.5 Å². The van der Waals surface area contributed by atoms with Crippen LogP contribution in [-0.4, -0.2) is 50.0 Å². The van der Waals surface area contributed by atoms with E-state index < -0.39 is 28.5 Å². The van der Waals surface area contributed by atoms with Gasteiger partial charge in [0.1, 0.15) is 12.6 Å². The second kappa shape index (κ2) is 11.9. The molecule has 0 aliphatic rings. The maximum absolute atomic E-state index is 13.6. The minimum absolute atomic E-state index is 0.0656. The lowest BCUT2D eigenvalue weighted by Gasteiger charge is -2.33. The van der Waals surface area contributed by atoms with Crippen molar-refractivity contribution in [1.82, 2.24) is 10.2 Å². The summed E-state index contributed by atoms with van der Waals surface area (Å²) in [7, 11) is -3.79. The number of anilines is 1. The number of halogens is 2. The van der Waals surface area contributed by atoms with Crippen LogP contribution in [0, 0.1) is 0 Å². The topological polar surface area (TPSA) is 86.8 Å². The molecule has 0 heterocycles. The first kappa shape index (κ1) is 27.1. The summed E-state index contributed by atoms with van der Waals surface area (Å²) >= 11 is 9.69. The van der Waals surface area contributed by atoms with E-state index in [1.807, 2.05) is 13.8 Å².